The molecular weight excluding hydrogens is 695 g/mol. The molecule has 0 bridgehead atoms. The van der Waals surface area contributed by atoms with Gasteiger partial charge in [-0.3, -0.25) is 9.80 Å². The normalized spacial score (nSPS) is 20.8. The van der Waals surface area contributed by atoms with Gasteiger partial charge in [-0.1, -0.05) is 31.6 Å². The molecule has 4 heterocycles. The van der Waals surface area contributed by atoms with Crippen molar-refractivity contribution in [3.8, 4) is 22.4 Å². The fraction of sp³-hybridized carbons (Fsp3) is 0.659. The lowest BCUT2D eigenvalue weighted by molar-refractivity contribution is 0.0207. The van der Waals surface area contributed by atoms with Crippen LogP contribution in [-0.4, -0.2) is 86.4 Å². The number of benzene rings is 1. The van der Waals surface area contributed by atoms with E-state index in [1.165, 1.54) is 43.4 Å². The lowest BCUT2D eigenvalue weighted by Gasteiger charge is -2.44. The summed E-state index contributed by atoms with van der Waals surface area (Å²) in [5, 5.41) is 2.16. The molecule has 2 amide bonds. The maximum absolute atomic E-state index is 13.3. The number of ether oxygens (including phenoxy) is 2. The van der Waals surface area contributed by atoms with E-state index in [1.807, 2.05) is 62.7 Å². The first-order valence-corrected chi connectivity index (χ1v) is 21.4. The predicted molar refractivity (Wildman–Crippen MR) is 217 cm³/mol. The Labute approximate surface area is 326 Å². The van der Waals surface area contributed by atoms with E-state index in [0.29, 0.717) is 19.0 Å². The molecule has 2 saturated carbocycles. The van der Waals surface area contributed by atoms with Crippen LogP contribution in [0.5, 0.6) is 0 Å². The summed E-state index contributed by atoms with van der Waals surface area (Å²) >= 11 is 1.83. The highest BCUT2D eigenvalue weighted by atomic mass is 32.1. The van der Waals surface area contributed by atoms with E-state index in [4.69, 9.17) is 14.5 Å². The van der Waals surface area contributed by atoms with Crippen molar-refractivity contribution < 1.29 is 19.1 Å². The van der Waals surface area contributed by atoms with E-state index < -0.39 is 11.2 Å². The van der Waals surface area contributed by atoms with Gasteiger partial charge in [0.15, 0.2) is 0 Å². The Morgan fingerprint density at radius 3 is 2.33 bits per heavy atom. The molecule has 1 atom stereocenters. The maximum Gasteiger partial charge on any atom is 0.411 e. The van der Waals surface area contributed by atoms with Crippen LogP contribution in [0.3, 0.4) is 0 Å². The molecule has 3 aromatic rings. The number of carbonyl (C=O) groups is 2. The van der Waals surface area contributed by atoms with Crippen molar-refractivity contribution in [1.82, 2.24) is 24.3 Å². The Kier molecular flexibility index (Phi) is 11.4. The van der Waals surface area contributed by atoms with Crippen LogP contribution in [-0.2, 0) is 21.6 Å². The average molecular weight is 756 g/mol. The molecule has 2 saturated heterocycles. The molecule has 4 fully saturated rings. The van der Waals surface area contributed by atoms with E-state index in [0.717, 1.165) is 91.9 Å². The molecule has 0 spiro atoms. The molecule has 292 valence electrons. The van der Waals surface area contributed by atoms with Crippen LogP contribution in [0.2, 0.25) is 0 Å². The highest BCUT2D eigenvalue weighted by Gasteiger charge is 2.44. The Morgan fingerprint density at radius 2 is 1.65 bits per heavy atom. The second-order valence-electron chi connectivity index (χ2n) is 18.2. The van der Waals surface area contributed by atoms with Gasteiger partial charge in [0.05, 0.1) is 23.0 Å². The van der Waals surface area contributed by atoms with Crippen molar-refractivity contribution in [3.63, 3.8) is 0 Å². The van der Waals surface area contributed by atoms with Crippen molar-refractivity contribution in [2.45, 2.75) is 148 Å². The third-order valence-electron chi connectivity index (χ3n) is 11.7. The minimum absolute atomic E-state index is 0.0415. The summed E-state index contributed by atoms with van der Waals surface area (Å²) in [5.41, 5.74) is 2.02. The van der Waals surface area contributed by atoms with E-state index in [9.17, 15) is 9.59 Å². The maximum atomic E-state index is 13.3. The van der Waals surface area contributed by atoms with Gasteiger partial charge in [0.2, 0.25) is 0 Å². The Bertz CT molecular complexity index is 1860. The van der Waals surface area contributed by atoms with Crippen LogP contribution in [0, 0.1) is 17.8 Å². The zero-order chi connectivity index (χ0) is 38.1. The Hall–Kier alpha value is -3.55. The Morgan fingerprint density at radius 1 is 0.907 bits per heavy atom. The standard InChI is InChI=1S/C44H61N5O4S/c1-42(2,3)52-40(50)47(30-32-15-12-16-32)24-14-18-36-38(44(22-8-7-9-23-44)48-25-10-11-26-48)54-39(45-36)34-19-20-37-33(29-34)21-28-46(37)31-35-17-13-27-49(35)41(51)53-43(4,5)6/h19-21,28-29,32,35H,7-13,15-17,22-27,30-31H2,1-6H3/t35-/m0/s1. The fourth-order valence-electron chi connectivity index (χ4n) is 8.85. The van der Waals surface area contributed by atoms with Crippen molar-refractivity contribution in [2.24, 2.45) is 5.92 Å². The number of carbonyl (C=O) groups excluding carboxylic acids is 2. The largest absolute Gasteiger partial charge is 0.444 e. The van der Waals surface area contributed by atoms with Crippen molar-refractivity contribution in [2.75, 3.05) is 32.7 Å². The summed E-state index contributed by atoms with van der Waals surface area (Å²) in [7, 11) is 0. The summed E-state index contributed by atoms with van der Waals surface area (Å²) in [5.74, 6) is 7.49. The first-order chi connectivity index (χ1) is 25.8. The molecule has 1 aromatic carbocycles. The number of rotatable bonds is 8. The van der Waals surface area contributed by atoms with E-state index in [-0.39, 0.29) is 23.8 Å². The van der Waals surface area contributed by atoms with Crippen LogP contribution >= 0.6 is 11.3 Å². The molecule has 2 aliphatic carbocycles. The number of hydrogen-bond acceptors (Lipinski definition) is 7. The van der Waals surface area contributed by atoms with Crippen LogP contribution in [0.1, 0.15) is 129 Å². The van der Waals surface area contributed by atoms with Gasteiger partial charge in [-0.25, -0.2) is 14.6 Å². The van der Waals surface area contributed by atoms with E-state index in [2.05, 4.69) is 51.8 Å². The molecule has 10 heteroatoms. The second-order valence-corrected chi connectivity index (χ2v) is 19.2. The van der Waals surface area contributed by atoms with Gasteiger partial charge in [0.25, 0.3) is 0 Å². The van der Waals surface area contributed by atoms with Gasteiger partial charge >= 0.3 is 12.2 Å². The zero-order valence-corrected chi connectivity index (χ0v) is 34.4. The molecule has 4 aliphatic rings. The van der Waals surface area contributed by atoms with Gasteiger partial charge in [-0.2, -0.15) is 0 Å². The first kappa shape index (κ1) is 38.7. The quantitative estimate of drug-likeness (QED) is 0.213. The minimum Gasteiger partial charge on any atom is -0.444 e. The number of aromatic nitrogens is 2. The summed E-state index contributed by atoms with van der Waals surface area (Å²) in [6, 6.07) is 8.96. The number of nitrogens with zero attached hydrogens (tertiary/aromatic N) is 5. The third kappa shape index (κ3) is 8.78. The molecule has 0 N–H and O–H groups in total. The van der Waals surface area contributed by atoms with Gasteiger partial charge in [0, 0.05) is 42.3 Å². The molecule has 0 unspecified atom stereocenters. The Balaban J connectivity index is 1.18. The molecule has 7 rings (SSSR count). The molecular formula is C44H61N5O4S. The van der Waals surface area contributed by atoms with Gasteiger partial charge in [-0.15, -0.1) is 11.3 Å². The summed E-state index contributed by atoms with van der Waals surface area (Å²) < 4.78 is 13.8. The SMILES string of the molecule is CC(C)(C)OC(=O)N(CC#Cc1nc(-c2ccc3c(ccn3C[C@@H]3CCCN3C(=O)OC(C)(C)C)c2)sc1C1(N2CCCC2)CCCCC1)CC1CCC1. The number of hydrogen-bond donors (Lipinski definition) is 0. The summed E-state index contributed by atoms with van der Waals surface area (Å²) in [6.45, 7) is 16.3. The molecule has 9 nitrogen and oxygen atoms in total. The molecule has 0 radical (unpaired) electrons. The van der Waals surface area contributed by atoms with Gasteiger partial charge in [0.1, 0.15) is 21.9 Å². The monoisotopic (exact) mass is 755 g/mol. The van der Waals surface area contributed by atoms with Crippen molar-refractivity contribution in [3.05, 3.63) is 41.0 Å². The van der Waals surface area contributed by atoms with Crippen LogP contribution in [0.25, 0.3) is 21.5 Å². The van der Waals surface area contributed by atoms with Crippen LogP contribution < -0.4 is 0 Å². The summed E-state index contributed by atoms with van der Waals surface area (Å²) in [6.07, 6.45) is 15.6. The average Bonchev–Trinajstić information content (AvgIpc) is 3.92. The minimum atomic E-state index is -0.554. The van der Waals surface area contributed by atoms with Gasteiger partial charge in [-0.05, 0) is 142 Å². The van der Waals surface area contributed by atoms with Crippen molar-refractivity contribution >= 4 is 34.4 Å². The lowest BCUT2D eigenvalue weighted by Crippen LogP contribution is -2.46. The topological polar surface area (TPSA) is 80.1 Å². The van der Waals surface area contributed by atoms with Crippen molar-refractivity contribution in [1.29, 1.82) is 0 Å². The molecule has 54 heavy (non-hydrogen) atoms. The predicted octanol–water partition coefficient (Wildman–Crippen LogP) is 9.81. The fourth-order valence-corrected chi connectivity index (χ4v) is 10.1. The second kappa shape index (κ2) is 15.9. The number of thiazole rings is 1. The zero-order valence-electron chi connectivity index (χ0n) is 33.5. The number of amides is 2. The van der Waals surface area contributed by atoms with E-state index >= 15 is 0 Å². The smallest absolute Gasteiger partial charge is 0.411 e. The highest BCUT2D eigenvalue weighted by Crippen LogP contribution is 2.48. The number of fused-ring (bicyclic) bond motifs is 1. The summed E-state index contributed by atoms with van der Waals surface area (Å²) in [4.78, 5) is 39.4. The molecule has 2 aromatic heterocycles. The highest BCUT2D eigenvalue weighted by molar-refractivity contribution is 7.15. The third-order valence-corrected chi connectivity index (χ3v) is 13.0. The number of likely N-dealkylation sites (tertiary alicyclic amines) is 2. The van der Waals surface area contributed by atoms with E-state index in [1.54, 1.807) is 0 Å². The van der Waals surface area contributed by atoms with Gasteiger partial charge < -0.3 is 18.9 Å². The molecule has 2 aliphatic heterocycles. The first-order valence-electron chi connectivity index (χ1n) is 20.6. The van der Waals surface area contributed by atoms with Crippen LogP contribution in [0.15, 0.2) is 30.5 Å². The van der Waals surface area contributed by atoms with Crippen LogP contribution in [0.4, 0.5) is 9.59 Å². The lowest BCUT2D eigenvalue weighted by atomic mass is 9.78.